The van der Waals surface area contributed by atoms with Crippen LogP contribution in [0.3, 0.4) is 0 Å². The number of nitrogens with two attached hydrogens (primary N) is 1. The Kier molecular flexibility index (Phi) is 3.23. The van der Waals surface area contributed by atoms with Crippen molar-refractivity contribution in [3.8, 4) is 0 Å². The molecule has 0 aliphatic heterocycles. The number of hydrogen-bond donors (Lipinski definition) is 1. The van der Waals surface area contributed by atoms with Crippen LogP contribution >= 0.6 is 0 Å². The fourth-order valence-corrected chi connectivity index (χ4v) is 2.02. The lowest BCUT2D eigenvalue weighted by Crippen LogP contribution is -2.21. The summed E-state index contributed by atoms with van der Waals surface area (Å²) in [6, 6.07) is 5.11. The molecule has 0 unspecified atom stereocenters. The maximum Gasteiger partial charge on any atom is 0.149 e. The minimum atomic E-state index is -3.18. The molecule has 0 fully saturated rings. The zero-order valence-corrected chi connectivity index (χ0v) is 8.59. The van der Waals surface area contributed by atoms with Gasteiger partial charge in [-0.25, -0.2) is 12.8 Å². The summed E-state index contributed by atoms with van der Waals surface area (Å²) in [4.78, 5) is 0. The highest BCUT2D eigenvalue weighted by Gasteiger charge is 2.15. The van der Waals surface area contributed by atoms with Crippen LogP contribution in [-0.2, 0) is 9.84 Å². The molecule has 0 aromatic heterocycles. The average molecular weight is 217 g/mol. The Morgan fingerprint density at radius 1 is 1.43 bits per heavy atom. The SMILES string of the molecule is CS(=O)(=O)C[C@@H](N)c1ccccc1F. The summed E-state index contributed by atoms with van der Waals surface area (Å²) < 4.78 is 35.0. The van der Waals surface area contributed by atoms with E-state index in [1.165, 1.54) is 18.2 Å². The van der Waals surface area contributed by atoms with Gasteiger partial charge in [0.15, 0.2) is 0 Å². The number of halogens is 1. The van der Waals surface area contributed by atoms with E-state index in [9.17, 15) is 12.8 Å². The molecule has 0 aliphatic rings. The summed E-state index contributed by atoms with van der Waals surface area (Å²) in [7, 11) is -3.18. The molecule has 0 bridgehead atoms. The molecule has 3 nitrogen and oxygen atoms in total. The quantitative estimate of drug-likeness (QED) is 0.817. The molecular formula is C9H12FNO2S. The van der Waals surface area contributed by atoms with Gasteiger partial charge in [-0.3, -0.25) is 0 Å². The Balaban J connectivity index is 2.90. The second-order valence-corrected chi connectivity index (χ2v) is 5.41. The van der Waals surface area contributed by atoms with Gasteiger partial charge in [0.05, 0.1) is 5.75 Å². The Morgan fingerprint density at radius 3 is 2.50 bits per heavy atom. The molecule has 0 saturated carbocycles. The van der Waals surface area contributed by atoms with E-state index in [1.54, 1.807) is 6.07 Å². The van der Waals surface area contributed by atoms with Gasteiger partial charge in [0, 0.05) is 17.9 Å². The van der Waals surface area contributed by atoms with Crippen molar-refractivity contribution in [1.29, 1.82) is 0 Å². The zero-order valence-electron chi connectivity index (χ0n) is 7.77. The van der Waals surface area contributed by atoms with Gasteiger partial charge in [-0.15, -0.1) is 0 Å². The van der Waals surface area contributed by atoms with E-state index in [4.69, 9.17) is 5.73 Å². The van der Waals surface area contributed by atoms with Crippen molar-refractivity contribution >= 4 is 9.84 Å². The van der Waals surface area contributed by atoms with Crippen molar-refractivity contribution < 1.29 is 12.8 Å². The third-order valence-corrected chi connectivity index (χ3v) is 2.75. The second-order valence-electron chi connectivity index (χ2n) is 3.22. The maximum absolute atomic E-state index is 13.1. The summed E-state index contributed by atoms with van der Waals surface area (Å²) in [5, 5.41) is 0. The van der Waals surface area contributed by atoms with Gasteiger partial charge in [0.25, 0.3) is 0 Å². The first-order valence-corrected chi connectivity index (χ1v) is 6.14. The standard InChI is InChI=1S/C9H12FNO2S/c1-14(12,13)6-9(11)7-4-2-3-5-8(7)10/h2-5,9H,6,11H2,1H3/t9-/m1/s1. The van der Waals surface area contributed by atoms with Crippen LogP contribution < -0.4 is 5.73 Å². The van der Waals surface area contributed by atoms with Crippen LogP contribution in [0.25, 0.3) is 0 Å². The number of sulfone groups is 1. The Labute approximate surface area is 82.7 Å². The van der Waals surface area contributed by atoms with Crippen LogP contribution in [0.1, 0.15) is 11.6 Å². The van der Waals surface area contributed by atoms with Crippen molar-refractivity contribution in [2.75, 3.05) is 12.0 Å². The summed E-state index contributed by atoms with van der Waals surface area (Å²) in [5.41, 5.74) is 5.80. The second kappa shape index (κ2) is 4.06. The van der Waals surface area contributed by atoms with Gasteiger partial charge in [-0.1, -0.05) is 18.2 Å². The van der Waals surface area contributed by atoms with Crippen molar-refractivity contribution in [2.24, 2.45) is 5.73 Å². The molecule has 14 heavy (non-hydrogen) atoms. The molecule has 0 amide bonds. The lowest BCUT2D eigenvalue weighted by atomic mass is 10.1. The summed E-state index contributed by atoms with van der Waals surface area (Å²) in [6.45, 7) is 0. The first-order chi connectivity index (χ1) is 6.40. The lowest BCUT2D eigenvalue weighted by molar-refractivity contribution is 0.578. The van der Waals surface area contributed by atoms with Gasteiger partial charge in [0.2, 0.25) is 0 Å². The summed E-state index contributed by atoms with van der Waals surface area (Å²) >= 11 is 0. The van der Waals surface area contributed by atoms with Crippen LogP contribution in [0.2, 0.25) is 0 Å². The third kappa shape index (κ3) is 3.08. The van der Waals surface area contributed by atoms with Gasteiger partial charge in [-0.2, -0.15) is 0 Å². The van der Waals surface area contributed by atoms with Crippen LogP contribution in [0, 0.1) is 5.82 Å². The van der Waals surface area contributed by atoms with Gasteiger partial charge in [0.1, 0.15) is 15.7 Å². The molecular weight excluding hydrogens is 205 g/mol. The average Bonchev–Trinajstić information content (AvgIpc) is 2.01. The topological polar surface area (TPSA) is 60.2 Å². The largest absolute Gasteiger partial charge is 0.323 e. The first-order valence-electron chi connectivity index (χ1n) is 4.08. The molecule has 1 aromatic rings. The monoisotopic (exact) mass is 217 g/mol. The minimum Gasteiger partial charge on any atom is -0.323 e. The highest BCUT2D eigenvalue weighted by Crippen LogP contribution is 2.15. The van der Waals surface area contributed by atoms with E-state index in [0.717, 1.165) is 6.26 Å². The highest BCUT2D eigenvalue weighted by atomic mass is 32.2. The van der Waals surface area contributed by atoms with Gasteiger partial charge in [-0.05, 0) is 6.07 Å². The lowest BCUT2D eigenvalue weighted by Gasteiger charge is -2.11. The van der Waals surface area contributed by atoms with E-state index in [0.29, 0.717) is 0 Å². The van der Waals surface area contributed by atoms with E-state index in [1.807, 2.05) is 0 Å². The molecule has 78 valence electrons. The normalized spacial score (nSPS) is 13.9. The molecule has 1 atom stereocenters. The van der Waals surface area contributed by atoms with E-state index < -0.39 is 21.7 Å². The van der Waals surface area contributed by atoms with Crippen LogP contribution in [-0.4, -0.2) is 20.4 Å². The van der Waals surface area contributed by atoms with Crippen LogP contribution in [0.4, 0.5) is 4.39 Å². The number of hydrogen-bond acceptors (Lipinski definition) is 3. The number of rotatable bonds is 3. The fraction of sp³-hybridized carbons (Fsp3) is 0.333. The van der Waals surface area contributed by atoms with Crippen molar-refractivity contribution in [2.45, 2.75) is 6.04 Å². The maximum atomic E-state index is 13.1. The van der Waals surface area contributed by atoms with Crippen molar-refractivity contribution in [1.82, 2.24) is 0 Å². The molecule has 0 heterocycles. The predicted octanol–water partition coefficient (Wildman–Crippen LogP) is 0.870. The fourth-order valence-electron chi connectivity index (χ4n) is 1.19. The van der Waals surface area contributed by atoms with Crippen LogP contribution in [0.5, 0.6) is 0 Å². The summed E-state index contributed by atoms with van der Waals surface area (Å²) in [5.74, 6) is -0.711. The minimum absolute atomic E-state index is 0.234. The predicted molar refractivity (Wildman–Crippen MR) is 53.0 cm³/mol. The molecule has 2 N–H and O–H groups in total. The highest BCUT2D eigenvalue weighted by molar-refractivity contribution is 7.90. The molecule has 1 rings (SSSR count). The van der Waals surface area contributed by atoms with Crippen molar-refractivity contribution in [3.05, 3.63) is 35.6 Å². The van der Waals surface area contributed by atoms with E-state index in [2.05, 4.69) is 0 Å². The smallest absolute Gasteiger partial charge is 0.149 e. The van der Waals surface area contributed by atoms with E-state index in [-0.39, 0.29) is 11.3 Å². The molecule has 0 radical (unpaired) electrons. The molecule has 5 heteroatoms. The van der Waals surface area contributed by atoms with Gasteiger partial charge >= 0.3 is 0 Å². The Morgan fingerprint density at radius 2 is 2.00 bits per heavy atom. The molecule has 1 aromatic carbocycles. The van der Waals surface area contributed by atoms with E-state index >= 15 is 0 Å². The zero-order chi connectivity index (χ0) is 10.8. The van der Waals surface area contributed by atoms with Crippen LogP contribution in [0.15, 0.2) is 24.3 Å². The number of benzene rings is 1. The molecule has 0 spiro atoms. The third-order valence-electron chi connectivity index (χ3n) is 1.79. The van der Waals surface area contributed by atoms with Crippen molar-refractivity contribution in [3.63, 3.8) is 0 Å². The molecule has 0 saturated heterocycles. The summed E-state index contributed by atoms with van der Waals surface area (Å²) in [6.07, 6.45) is 1.08. The first kappa shape index (κ1) is 11.1. The molecule has 0 aliphatic carbocycles. The van der Waals surface area contributed by atoms with Gasteiger partial charge < -0.3 is 5.73 Å². The Bertz CT molecular complexity index is 417. The Hall–Kier alpha value is -0.940.